The molecular formula is C12H13N3O. The summed E-state index contributed by atoms with van der Waals surface area (Å²) in [6, 6.07) is 7.71. The lowest BCUT2D eigenvalue weighted by Gasteiger charge is -2.09. The molecule has 4 heteroatoms. The van der Waals surface area contributed by atoms with Gasteiger partial charge in [0.05, 0.1) is 12.8 Å². The van der Waals surface area contributed by atoms with E-state index in [9.17, 15) is 0 Å². The minimum absolute atomic E-state index is 0.270. The van der Waals surface area contributed by atoms with Gasteiger partial charge in [-0.15, -0.1) is 0 Å². The van der Waals surface area contributed by atoms with Crippen molar-refractivity contribution in [3.05, 3.63) is 36.0 Å². The number of hydrogen-bond acceptors (Lipinski definition) is 4. The van der Waals surface area contributed by atoms with Gasteiger partial charge >= 0.3 is 0 Å². The summed E-state index contributed by atoms with van der Waals surface area (Å²) in [7, 11) is 1.64. The van der Waals surface area contributed by atoms with Crippen molar-refractivity contribution in [2.24, 2.45) is 0 Å². The minimum atomic E-state index is 0.270. The number of benzene rings is 1. The summed E-state index contributed by atoms with van der Waals surface area (Å²) in [5.41, 5.74) is 8.30. The van der Waals surface area contributed by atoms with Crippen LogP contribution in [0, 0.1) is 6.92 Å². The van der Waals surface area contributed by atoms with E-state index in [-0.39, 0.29) is 5.95 Å². The molecule has 0 aliphatic heterocycles. The van der Waals surface area contributed by atoms with Gasteiger partial charge in [-0.2, -0.15) is 0 Å². The van der Waals surface area contributed by atoms with Gasteiger partial charge in [-0.3, -0.25) is 0 Å². The molecule has 1 heterocycles. The SMILES string of the molecule is COc1ccccc1-c1nc(N)ncc1C. The van der Waals surface area contributed by atoms with Crippen LogP contribution in [0.5, 0.6) is 5.75 Å². The van der Waals surface area contributed by atoms with Crippen LogP contribution in [0.25, 0.3) is 11.3 Å². The molecule has 0 radical (unpaired) electrons. The molecule has 2 rings (SSSR count). The third-order valence-electron chi connectivity index (χ3n) is 2.35. The van der Waals surface area contributed by atoms with Gasteiger partial charge in [-0.05, 0) is 24.6 Å². The van der Waals surface area contributed by atoms with Gasteiger partial charge in [0.15, 0.2) is 0 Å². The summed E-state index contributed by atoms with van der Waals surface area (Å²) < 4.78 is 5.29. The summed E-state index contributed by atoms with van der Waals surface area (Å²) in [5.74, 6) is 1.05. The van der Waals surface area contributed by atoms with E-state index in [4.69, 9.17) is 10.5 Å². The third kappa shape index (κ3) is 1.82. The molecule has 0 spiro atoms. The van der Waals surface area contributed by atoms with Crippen molar-refractivity contribution in [1.29, 1.82) is 0 Å². The van der Waals surface area contributed by atoms with Crippen LogP contribution >= 0.6 is 0 Å². The number of rotatable bonds is 2. The van der Waals surface area contributed by atoms with Gasteiger partial charge in [0.2, 0.25) is 5.95 Å². The number of hydrogen-bond donors (Lipinski definition) is 1. The molecule has 0 aliphatic rings. The first kappa shape index (κ1) is 10.4. The Morgan fingerprint density at radius 1 is 1.25 bits per heavy atom. The molecule has 82 valence electrons. The number of ether oxygens (including phenoxy) is 1. The van der Waals surface area contributed by atoms with Crippen molar-refractivity contribution >= 4 is 5.95 Å². The predicted octanol–water partition coefficient (Wildman–Crippen LogP) is 2.04. The average Bonchev–Trinajstić information content (AvgIpc) is 2.32. The van der Waals surface area contributed by atoms with E-state index in [1.165, 1.54) is 0 Å². The van der Waals surface area contributed by atoms with Crippen molar-refractivity contribution in [2.75, 3.05) is 12.8 Å². The highest BCUT2D eigenvalue weighted by molar-refractivity contribution is 5.70. The van der Waals surface area contributed by atoms with Crippen LogP contribution in [0.3, 0.4) is 0 Å². The summed E-state index contributed by atoms with van der Waals surface area (Å²) in [6.45, 7) is 1.95. The fourth-order valence-corrected chi connectivity index (χ4v) is 1.57. The zero-order valence-electron chi connectivity index (χ0n) is 9.27. The minimum Gasteiger partial charge on any atom is -0.496 e. The zero-order valence-corrected chi connectivity index (χ0v) is 9.27. The van der Waals surface area contributed by atoms with E-state index in [0.29, 0.717) is 0 Å². The normalized spacial score (nSPS) is 10.1. The highest BCUT2D eigenvalue weighted by Crippen LogP contribution is 2.30. The van der Waals surface area contributed by atoms with E-state index in [1.807, 2.05) is 31.2 Å². The second-order valence-corrected chi connectivity index (χ2v) is 3.46. The van der Waals surface area contributed by atoms with Gasteiger partial charge in [0, 0.05) is 11.8 Å². The van der Waals surface area contributed by atoms with E-state index in [1.54, 1.807) is 13.3 Å². The average molecular weight is 215 g/mol. The molecule has 0 bridgehead atoms. The topological polar surface area (TPSA) is 61.0 Å². The predicted molar refractivity (Wildman–Crippen MR) is 63.2 cm³/mol. The molecule has 1 aromatic carbocycles. The molecule has 0 unspecified atom stereocenters. The Kier molecular flexibility index (Phi) is 2.72. The van der Waals surface area contributed by atoms with E-state index in [2.05, 4.69) is 9.97 Å². The maximum atomic E-state index is 5.59. The number of nitrogens with two attached hydrogens (primary N) is 1. The van der Waals surface area contributed by atoms with Crippen LogP contribution in [-0.2, 0) is 0 Å². The van der Waals surface area contributed by atoms with Crippen molar-refractivity contribution in [3.63, 3.8) is 0 Å². The Balaban J connectivity index is 2.62. The number of nitrogen functional groups attached to an aromatic ring is 1. The van der Waals surface area contributed by atoms with Crippen LogP contribution in [0.15, 0.2) is 30.5 Å². The van der Waals surface area contributed by atoms with E-state index < -0.39 is 0 Å². The highest BCUT2D eigenvalue weighted by Gasteiger charge is 2.09. The van der Waals surface area contributed by atoms with Crippen molar-refractivity contribution in [3.8, 4) is 17.0 Å². The summed E-state index contributed by atoms with van der Waals surface area (Å²) in [6.07, 6.45) is 1.71. The fraction of sp³-hybridized carbons (Fsp3) is 0.167. The largest absolute Gasteiger partial charge is 0.496 e. The monoisotopic (exact) mass is 215 g/mol. The van der Waals surface area contributed by atoms with Gasteiger partial charge < -0.3 is 10.5 Å². The molecule has 0 fully saturated rings. The number of methoxy groups -OCH3 is 1. The van der Waals surface area contributed by atoms with Crippen LogP contribution in [0.2, 0.25) is 0 Å². The number of para-hydroxylation sites is 1. The molecule has 16 heavy (non-hydrogen) atoms. The summed E-state index contributed by atoms with van der Waals surface area (Å²) >= 11 is 0. The Morgan fingerprint density at radius 3 is 2.75 bits per heavy atom. The van der Waals surface area contributed by atoms with E-state index in [0.717, 1.165) is 22.6 Å². The van der Waals surface area contributed by atoms with Crippen LogP contribution in [0.4, 0.5) is 5.95 Å². The Hall–Kier alpha value is -2.10. The Labute approximate surface area is 94.1 Å². The standard InChI is InChI=1S/C12H13N3O/c1-8-7-14-12(13)15-11(8)9-5-3-4-6-10(9)16-2/h3-7H,1-2H3,(H2,13,14,15). The second kappa shape index (κ2) is 4.18. The first-order valence-corrected chi connectivity index (χ1v) is 4.95. The number of aryl methyl sites for hydroxylation is 1. The molecule has 2 N–H and O–H groups in total. The van der Waals surface area contributed by atoms with Crippen LogP contribution in [0.1, 0.15) is 5.56 Å². The quantitative estimate of drug-likeness (QED) is 0.832. The lowest BCUT2D eigenvalue weighted by Crippen LogP contribution is -1.99. The van der Waals surface area contributed by atoms with Gasteiger partial charge in [-0.25, -0.2) is 9.97 Å². The smallest absolute Gasteiger partial charge is 0.220 e. The highest BCUT2D eigenvalue weighted by atomic mass is 16.5. The molecular weight excluding hydrogens is 202 g/mol. The van der Waals surface area contributed by atoms with E-state index >= 15 is 0 Å². The number of anilines is 1. The molecule has 0 amide bonds. The first-order valence-electron chi connectivity index (χ1n) is 4.95. The summed E-state index contributed by atoms with van der Waals surface area (Å²) in [4.78, 5) is 8.18. The molecule has 0 atom stereocenters. The molecule has 0 aliphatic carbocycles. The van der Waals surface area contributed by atoms with Crippen molar-refractivity contribution < 1.29 is 4.74 Å². The van der Waals surface area contributed by atoms with Gasteiger partial charge in [0.1, 0.15) is 5.75 Å². The molecule has 4 nitrogen and oxygen atoms in total. The lowest BCUT2D eigenvalue weighted by atomic mass is 10.1. The Bertz CT molecular complexity index is 511. The molecule has 0 saturated carbocycles. The van der Waals surface area contributed by atoms with Crippen molar-refractivity contribution in [1.82, 2.24) is 9.97 Å². The number of nitrogens with zero attached hydrogens (tertiary/aromatic N) is 2. The van der Waals surface area contributed by atoms with Crippen LogP contribution in [-0.4, -0.2) is 17.1 Å². The second-order valence-electron chi connectivity index (χ2n) is 3.46. The lowest BCUT2D eigenvalue weighted by molar-refractivity contribution is 0.416. The zero-order chi connectivity index (χ0) is 11.5. The molecule has 0 saturated heterocycles. The van der Waals surface area contributed by atoms with Crippen LogP contribution < -0.4 is 10.5 Å². The maximum absolute atomic E-state index is 5.59. The first-order chi connectivity index (χ1) is 7.72. The van der Waals surface area contributed by atoms with Crippen molar-refractivity contribution in [2.45, 2.75) is 6.92 Å². The third-order valence-corrected chi connectivity index (χ3v) is 2.35. The van der Waals surface area contributed by atoms with Gasteiger partial charge in [-0.1, -0.05) is 12.1 Å². The van der Waals surface area contributed by atoms with Gasteiger partial charge in [0.25, 0.3) is 0 Å². The fourth-order valence-electron chi connectivity index (χ4n) is 1.57. The molecule has 1 aromatic heterocycles. The summed E-state index contributed by atoms with van der Waals surface area (Å²) in [5, 5.41) is 0. The number of aromatic nitrogens is 2. The maximum Gasteiger partial charge on any atom is 0.220 e. The molecule has 2 aromatic rings. The Morgan fingerprint density at radius 2 is 2.00 bits per heavy atom.